The monoisotopic (exact) mass is 414 g/mol. The van der Waals surface area contributed by atoms with Crippen molar-refractivity contribution in [3.8, 4) is 17.1 Å². The van der Waals surface area contributed by atoms with Crippen LogP contribution in [0.2, 0.25) is 0 Å². The summed E-state index contributed by atoms with van der Waals surface area (Å²) in [5.41, 5.74) is 2.15. The number of benzene rings is 1. The number of ether oxygens (including phenoxy) is 1. The third kappa shape index (κ3) is 5.01. The van der Waals surface area contributed by atoms with E-state index in [0.29, 0.717) is 12.3 Å². The highest BCUT2D eigenvalue weighted by Crippen LogP contribution is 2.29. The van der Waals surface area contributed by atoms with Crippen molar-refractivity contribution < 1.29 is 9.53 Å². The zero-order chi connectivity index (χ0) is 20.8. The third-order valence-electron chi connectivity index (χ3n) is 5.08. The van der Waals surface area contributed by atoms with Gasteiger partial charge in [-0.3, -0.25) is 9.36 Å². The minimum absolute atomic E-state index is 0.134. The number of thioether (sulfide) groups is 1. The molecule has 156 valence electrons. The van der Waals surface area contributed by atoms with Gasteiger partial charge >= 0.3 is 0 Å². The van der Waals surface area contributed by atoms with E-state index in [0.717, 1.165) is 41.6 Å². The van der Waals surface area contributed by atoms with Crippen molar-refractivity contribution in [3.63, 3.8) is 0 Å². The van der Waals surface area contributed by atoms with Gasteiger partial charge in [0.25, 0.3) is 0 Å². The fourth-order valence-electron chi connectivity index (χ4n) is 3.59. The van der Waals surface area contributed by atoms with E-state index in [1.807, 2.05) is 36.1 Å². The van der Waals surface area contributed by atoms with Crippen LogP contribution in [0, 0.1) is 0 Å². The molecule has 0 bridgehead atoms. The van der Waals surface area contributed by atoms with Crippen LogP contribution in [0.3, 0.4) is 0 Å². The van der Waals surface area contributed by atoms with Crippen molar-refractivity contribution in [2.24, 2.45) is 0 Å². The Kier molecular flexibility index (Phi) is 7.36. The Morgan fingerprint density at radius 2 is 2.00 bits per heavy atom. The average molecular weight is 415 g/mol. The third-order valence-corrected chi connectivity index (χ3v) is 6.01. The van der Waals surface area contributed by atoms with E-state index < -0.39 is 0 Å². The quantitative estimate of drug-likeness (QED) is 0.573. The molecule has 0 spiro atoms. The summed E-state index contributed by atoms with van der Waals surface area (Å²) in [6, 6.07) is 7.98. The summed E-state index contributed by atoms with van der Waals surface area (Å²) in [6.45, 7) is 6.95. The van der Waals surface area contributed by atoms with Crippen LogP contribution >= 0.6 is 11.8 Å². The SMILES string of the molecule is CCN(C(=O)CSc1nnc(-c2ccc(OC)cc2)n1C(C)C)C1=CCCCC1. The number of carbonyl (C=O) groups excluding carboxylic acids is 1. The van der Waals surface area contributed by atoms with Crippen molar-refractivity contribution in [1.82, 2.24) is 19.7 Å². The molecular formula is C22H30N4O2S. The maximum atomic E-state index is 12.9. The second-order valence-corrected chi connectivity index (χ2v) is 8.31. The van der Waals surface area contributed by atoms with Gasteiger partial charge in [0.05, 0.1) is 12.9 Å². The molecule has 2 aromatic rings. The molecule has 1 aliphatic carbocycles. The van der Waals surface area contributed by atoms with Gasteiger partial charge in [-0.1, -0.05) is 17.8 Å². The largest absolute Gasteiger partial charge is 0.497 e. The lowest BCUT2D eigenvalue weighted by molar-refractivity contribution is -0.126. The van der Waals surface area contributed by atoms with Crippen LogP contribution in [0.15, 0.2) is 41.2 Å². The molecular weight excluding hydrogens is 384 g/mol. The van der Waals surface area contributed by atoms with Crippen molar-refractivity contribution in [2.45, 2.75) is 57.7 Å². The molecule has 0 unspecified atom stereocenters. The lowest BCUT2D eigenvalue weighted by Gasteiger charge is -2.26. The second kappa shape index (κ2) is 9.96. The highest BCUT2D eigenvalue weighted by atomic mass is 32.2. The molecule has 1 aromatic heterocycles. The zero-order valence-electron chi connectivity index (χ0n) is 17.7. The summed E-state index contributed by atoms with van der Waals surface area (Å²) in [7, 11) is 1.65. The number of hydrogen-bond acceptors (Lipinski definition) is 5. The Morgan fingerprint density at radius 1 is 1.24 bits per heavy atom. The van der Waals surface area contributed by atoms with E-state index in [-0.39, 0.29) is 11.9 Å². The molecule has 1 aliphatic rings. The molecule has 7 heteroatoms. The summed E-state index contributed by atoms with van der Waals surface area (Å²) >= 11 is 1.46. The van der Waals surface area contributed by atoms with Crippen LogP contribution in [0.5, 0.6) is 5.75 Å². The van der Waals surface area contributed by atoms with Gasteiger partial charge in [-0.2, -0.15) is 0 Å². The van der Waals surface area contributed by atoms with Gasteiger partial charge in [-0.15, -0.1) is 10.2 Å². The highest BCUT2D eigenvalue weighted by molar-refractivity contribution is 7.99. The lowest BCUT2D eigenvalue weighted by atomic mass is 10.0. The summed E-state index contributed by atoms with van der Waals surface area (Å²) in [4.78, 5) is 14.8. The molecule has 0 radical (unpaired) electrons. The number of nitrogens with zero attached hydrogens (tertiary/aromatic N) is 4. The van der Waals surface area contributed by atoms with Gasteiger partial charge in [0.1, 0.15) is 5.75 Å². The molecule has 0 atom stereocenters. The van der Waals surface area contributed by atoms with Gasteiger partial charge in [0.2, 0.25) is 5.91 Å². The van der Waals surface area contributed by atoms with E-state index in [1.165, 1.54) is 23.9 Å². The van der Waals surface area contributed by atoms with Crippen LogP contribution in [-0.2, 0) is 4.79 Å². The molecule has 0 saturated heterocycles. The van der Waals surface area contributed by atoms with E-state index in [2.05, 4.69) is 34.7 Å². The van der Waals surface area contributed by atoms with E-state index in [1.54, 1.807) is 7.11 Å². The molecule has 1 aromatic carbocycles. The summed E-state index contributed by atoms with van der Waals surface area (Å²) in [5.74, 6) is 2.11. The summed E-state index contributed by atoms with van der Waals surface area (Å²) in [5, 5.41) is 9.57. The topological polar surface area (TPSA) is 60.3 Å². The normalized spacial score (nSPS) is 14.0. The van der Waals surface area contributed by atoms with Gasteiger partial charge in [0, 0.05) is 23.8 Å². The van der Waals surface area contributed by atoms with Crippen LogP contribution in [-0.4, -0.2) is 45.0 Å². The first-order valence-electron chi connectivity index (χ1n) is 10.3. The molecule has 1 heterocycles. The van der Waals surface area contributed by atoms with E-state index in [4.69, 9.17) is 4.74 Å². The molecule has 1 amide bonds. The van der Waals surface area contributed by atoms with Crippen molar-refractivity contribution >= 4 is 17.7 Å². The molecule has 3 rings (SSSR count). The van der Waals surface area contributed by atoms with Crippen molar-refractivity contribution in [1.29, 1.82) is 0 Å². The molecule has 0 saturated carbocycles. The Balaban J connectivity index is 1.76. The maximum Gasteiger partial charge on any atom is 0.237 e. The first-order chi connectivity index (χ1) is 14.0. The molecule has 29 heavy (non-hydrogen) atoms. The number of methoxy groups -OCH3 is 1. The number of rotatable bonds is 8. The lowest BCUT2D eigenvalue weighted by Crippen LogP contribution is -2.32. The van der Waals surface area contributed by atoms with E-state index >= 15 is 0 Å². The smallest absolute Gasteiger partial charge is 0.237 e. The molecule has 0 aliphatic heterocycles. The van der Waals surface area contributed by atoms with E-state index in [9.17, 15) is 4.79 Å². The predicted octanol–water partition coefficient (Wildman–Crippen LogP) is 4.93. The van der Waals surface area contributed by atoms with Crippen LogP contribution < -0.4 is 4.74 Å². The van der Waals surface area contributed by atoms with Crippen molar-refractivity contribution in [3.05, 3.63) is 36.0 Å². The van der Waals surface area contributed by atoms with Gasteiger partial charge in [-0.25, -0.2) is 0 Å². The predicted molar refractivity (Wildman–Crippen MR) is 117 cm³/mol. The molecule has 0 fully saturated rings. The minimum atomic E-state index is 0.134. The Labute approximate surface area is 177 Å². The van der Waals surface area contributed by atoms with Crippen LogP contribution in [0.1, 0.15) is 52.5 Å². The standard InChI is InChI=1S/C22H30N4O2S/c1-5-25(18-9-7-6-8-10-18)20(27)15-29-22-24-23-21(26(22)16(2)3)17-11-13-19(28-4)14-12-17/h9,11-14,16H,5-8,10,15H2,1-4H3. The molecule has 6 nitrogen and oxygen atoms in total. The van der Waals surface area contributed by atoms with Crippen LogP contribution in [0.4, 0.5) is 0 Å². The van der Waals surface area contributed by atoms with Gasteiger partial charge in [-0.05, 0) is 70.7 Å². The first-order valence-corrected chi connectivity index (χ1v) is 11.2. The zero-order valence-corrected chi connectivity index (χ0v) is 18.5. The maximum absolute atomic E-state index is 12.9. The van der Waals surface area contributed by atoms with Crippen LogP contribution in [0.25, 0.3) is 11.4 Å². The Bertz CT molecular complexity index is 858. The Morgan fingerprint density at radius 3 is 2.59 bits per heavy atom. The number of carbonyl (C=O) groups is 1. The highest BCUT2D eigenvalue weighted by Gasteiger charge is 2.21. The summed E-state index contributed by atoms with van der Waals surface area (Å²) in [6.07, 6.45) is 6.66. The minimum Gasteiger partial charge on any atom is -0.497 e. The van der Waals surface area contributed by atoms with Gasteiger partial charge in [0.15, 0.2) is 11.0 Å². The average Bonchev–Trinajstić information content (AvgIpc) is 3.18. The number of amides is 1. The first kappa shape index (κ1) is 21.4. The second-order valence-electron chi connectivity index (χ2n) is 7.37. The number of allylic oxidation sites excluding steroid dienone is 2. The van der Waals surface area contributed by atoms with Gasteiger partial charge < -0.3 is 9.64 Å². The fraction of sp³-hybridized carbons (Fsp3) is 0.500. The summed E-state index contributed by atoms with van der Waals surface area (Å²) < 4.78 is 7.34. The Hall–Kier alpha value is -2.28. The number of aromatic nitrogens is 3. The van der Waals surface area contributed by atoms with Crippen molar-refractivity contribution in [2.75, 3.05) is 19.4 Å². The fourth-order valence-corrected chi connectivity index (χ4v) is 4.53. The molecule has 0 N–H and O–H groups in total. The number of hydrogen-bond donors (Lipinski definition) is 0.